The van der Waals surface area contributed by atoms with Gasteiger partial charge in [-0.3, -0.25) is 4.79 Å². The van der Waals surface area contributed by atoms with Crippen LogP contribution in [0.25, 0.3) is 11.0 Å². The van der Waals surface area contributed by atoms with Gasteiger partial charge in [0, 0.05) is 35.7 Å². The number of benzene rings is 2. The van der Waals surface area contributed by atoms with E-state index in [1.807, 2.05) is 12.1 Å². The Labute approximate surface area is 190 Å². The SMILES string of the molecule is NC(COc1ccc(Cl)cc1)CN1CCC(NC(=O)c2nc3ccc(Cl)cc3[nH]2)CC1. The van der Waals surface area contributed by atoms with E-state index in [-0.39, 0.29) is 18.0 Å². The normalized spacial score (nSPS) is 16.4. The van der Waals surface area contributed by atoms with Gasteiger partial charge >= 0.3 is 0 Å². The molecule has 31 heavy (non-hydrogen) atoms. The Morgan fingerprint density at radius 2 is 1.90 bits per heavy atom. The van der Waals surface area contributed by atoms with Gasteiger partial charge < -0.3 is 25.7 Å². The molecule has 0 spiro atoms. The topological polar surface area (TPSA) is 96.3 Å². The number of fused-ring (bicyclic) bond motifs is 1. The lowest BCUT2D eigenvalue weighted by molar-refractivity contribution is 0.0897. The van der Waals surface area contributed by atoms with Gasteiger partial charge in [0.15, 0.2) is 5.82 Å². The second-order valence-corrected chi connectivity index (χ2v) is 8.69. The summed E-state index contributed by atoms with van der Waals surface area (Å²) in [7, 11) is 0. The number of nitrogens with one attached hydrogen (secondary N) is 2. The van der Waals surface area contributed by atoms with Crippen molar-refractivity contribution in [2.24, 2.45) is 5.73 Å². The number of aromatic amines is 1. The van der Waals surface area contributed by atoms with Crippen LogP contribution < -0.4 is 15.8 Å². The quantitative estimate of drug-likeness (QED) is 0.500. The first-order valence-electron chi connectivity index (χ1n) is 10.3. The molecule has 2 aromatic carbocycles. The third-order valence-electron chi connectivity index (χ3n) is 5.35. The van der Waals surface area contributed by atoms with Crippen molar-refractivity contribution in [1.29, 1.82) is 0 Å². The molecule has 0 bridgehead atoms. The molecule has 7 nitrogen and oxygen atoms in total. The molecule has 4 N–H and O–H groups in total. The maximum atomic E-state index is 12.6. The monoisotopic (exact) mass is 461 g/mol. The predicted molar refractivity (Wildman–Crippen MR) is 123 cm³/mol. The lowest BCUT2D eigenvalue weighted by Crippen LogP contribution is -2.49. The van der Waals surface area contributed by atoms with Gasteiger partial charge in [-0.15, -0.1) is 0 Å². The summed E-state index contributed by atoms with van der Waals surface area (Å²) in [5.74, 6) is 0.869. The van der Waals surface area contributed by atoms with Crippen molar-refractivity contribution in [2.45, 2.75) is 24.9 Å². The first-order valence-corrected chi connectivity index (χ1v) is 11.0. The maximum absolute atomic E-state index is 12.6. The molecule has 1 atom stereocenters. The Bertz CT molecular complexity index is 1030. The molecule has 9 heteroatoms. The van der Waals surface area contributed by atoms with E-state index in [0.29, 0.717) is 22.5 Å². The number of carbonyl (C=O) groups is 1. The minimum Gasteiger partial charge on any atom is -0.492 e. The molecule has 1 aliphatic rings. The number of amides is 1. The van der Waals surface area contributed by atoms with Gasteiger partial charge in [-0.2, -0.15) is 0 Å². The van der Waals surface area contributed by atoms with Crippen molar-refractivity contribution in [3.63, 3.8) is 0 Å². The van der Waals surface area contributed by atoms with E-state index in [0.717, 1.165) is 49.3 Å². The third kappa shape index (κ3) is 5.89. The van der Waals surface area contributed by atoms with Crippen LogP contribution in [0.5, 0.6) is 5.75 Å². The minimum absolute atomic E-state index is 0.0933. The van der Waals surface area contributed by atoms with Crippen molar-refractivity contribution in [3.8, 4) is 5.75 Å². The first-order chi connectivity index (χ1) is 15.0. The Morgan fingerprint density at radius 3 is 2.65 bits per heavy atom. The van der Waals surface area contributed by atoms with Crippen LogP contribution in [0.1, 0.15) is 23.5 Å². The van der Waals surface area contributed by atoms with Crippen LogP contribution in [0.4, 0.5) is 0 Å². The molecule has 4 rings (SSSR count). The van der Waals surface area contributed by atoms with Crippen LogP contribution in [-0.4, -0.2) is 59.1 Å². The van der Waals surface area contributed by atoms with E-state index in [4.69, 9.17) is 33.7 Å². The summed E-state index contributed by atoms with van der Waals surface area (Å²) in [5.41, 5.74) is 7.71. The molecule has 1 aliphatic heterocycles. The molecule has 0 aliphatic carbocycles. The van der Waals surface area contributed by atoms with Crippen molar-refractivity contribution >= 4 is 40.1 Å². The molecule has 1 fully saturated rings. The van der Waals surface area contributed by atoms with Gasteiger partial charge in [-0.1, -0.05) is 23.2 Å². The van der Waals surface area contributed by atoms with Gasteiger partial charge in [-0.05, 0) is 55.3 Å². The van der Waals surface area contributed by atoms with Crippen molar-refractivity contribution in [2.75, 3.05) is 26.2 Å². The van der Waals surface area contributed by atoms with E-state index in [1.54, 1.807) is 30.3 Å². The summed E-state index contributed by atoms with van der Waals surface area (Å²) in [5, 5.41) is 4.36. The van der Waals surface area contributed by atoms with Crippen LogP contribution >= 0.6 is 23.2 Å². The van der Waals surface area contributed by atoms with Crippen LogP contribution in [0.15, 0.2) is 42.5 Å². The molecular formula is C22H25Cl2N5O2. The molecule has 1 saturated heterocycles. The smallest absolute Gasteiger partial charge is 0.287 e. The van der Waals surface area contributed by atoms with Crippen LogP contribution in [0.3, 0.4) is 0 Å². The van der Waals surface area contributed by atoms with E-state index in [2.05, 4.69) is 20.2 Å². The molecule has 3 aromatic rings. The highest BCUT2D eigenvalue weighted by molar-refractivity contribution is 6.31. The number of likely N-dealkylation sites (tertiary alicyclic amines) is 1. The summed E-state index contributed by atoms with van der Waals surface area (Å²) in [6, 6.07) is 12.6. The number of nitrogens with two attached hydrogens (primary N) is 1. The number of imidazole rings is 1. The fourth-order valence-electron chi connectivity index (χ4n) is 3.72. The highest BCUT2D eigenvalue weighted by atomic mass is 35.5. The Hall–Kier alpha value is -2.32. The van der Waals surface area contributed by atoms with E-state index in [9.17, 15) is 4.79 Å². The first kappa shape index (κ1) is 21.9. The van der Waals surface area contributed by atoms with Gasteiger partial charge in [0.1, 0.15) is 12.4 Å². The average molecular weight is 462 g/mol. The molecule has 1 amide bonds. The van der Waals surface area contributed by atoms with E-state index >= 15 is 0 Å². The molecule has 164 valence electrons. The molecule has 0 saturated carbocycles. The fraction of sp³-hybridized carbons (Fsp3) is 0.364. The second kappa shape index (κ2) is 9.87. The molecule has 1 aromatic heterocycles. The lowest BCUT2D eigenvalue weighted by atomic mass is 10.0. The Kier molecular flexibility index (Phi) is 6.97. The number of nitrogens with zero attached hydrogens (tertiary/aromatic N) is 2. The largest absolute Gasteiger partial charge is 0.492 e. The van der Waals surface area contributed by atoms with Crippen molar-refractivity contribution in [1.82, 2.24) is 20.2 Å². The number of hydrogen-bond acceptors (Lipinski definition) is 5. The number of hydrogen-bond donors (Lipinski definition) is 3. The Morgan fingerprint density at radius 1 is 1.19 bits per heavy atom. The number of aromatic nitrogens is 2. The van der Waals surface area contributed by atoms with Crippen LogP contribution in [0, 0.1) is 0 Å². The minimum atomic E-state index is -0.196. The van der Waals surface area contributed by atoms with Gasteiger partial charge in [-0.25, -0.2) is 4.98 Å². The van der Waals surface area contributed by atoms with Crippen LogP contribution in [-0.2, 0) is 0 Å². The summed E-state index contributed by atoms with van der Waals surface area (Å²) in [6.45, 7) is 2.93. The standard InChI is InChI=1S/C22H25Cl2N5O2/c23-14-1-4-18(5-2-14)31-13-16(25)12-29-9-7-17(8-10-29)26-22(30)21-27-19-6-3-15(24)11-20(19)28-21/h1-6,11,16-17H,7-10,12-13,25H2,(H,26,30)(H,27,28). The highest BCUT2D eigenvalue weighted by Gasteiger charge is 2.23. The molecule has 2 heterocycles. The van der Waals surface area contributed by atoms with Crippen LogP contribution in [0.2, 0.25) is 10.0 Å². The molecular weight excluding hydrogens is 437 g/mol. The number of carbonyl (C=O) groups excluding carboxylic acids is 1. The van der Waals surface area contributed by atoms with E-state index < -0.39 is 0 Å². The van der Waals surface area contributed by atoms with Crippen molar-refractivity contribution in [3.05, 3.63) is 58.3 Å². The summed E-state index contributed by atoms with van der Waals surface area (Å²) >= 11 is 11.9. The molecule has 1 unspecified atom stereocenters. The van der Waals surface area contributed by atoms with Gasteiger partial charge in [0.05, 0.1) is 17.1 Å². The number of H-pyrrole nitrogens is 1. The Balaban J connectivity index is 1.20. The van der Waals surface area contributed by atoms with Crippen molar-refractivity contribution < 1.29 is 9.53 Å². The van der Waals surface area contributed by atoms with E-state index in [1.165, 1.54) is 0 Å². The maximum Gasteiger partial charge on any atom is 0.287 e. The number of piperidine rings is 1. The van der Waals surface area contributed by atoms with Gasteiger partial charge in [0.25, 0.3) is 5.91 Å². The average Bonchev–Trinajstić information content (AvgIpc) is 3.18. The lowest BCUT2D eigenvalue weighted by Gasteiger charge is -2.33. The second-order valence-electron chi connectivity index (χ2n) is 7.82. The zero-order chi connectivity index (χ0) is 21.8. The molecule has 0 radical (unpaired) electrons. The summed E-state index contributed by atoms with van der Waals surface area (Å²) in [6.07, 6.45) is 1.73. The number of halogens is 2. The summed E-state index contributed by atoms with van der Waals surface area (Å²) < 4.78 is 5.73. The number of ether oxygens (including phenoxy) is 1. The highest BCUT2D eigenvalue weighted by Crippen LogP contribution is 2.18. The van der Waals surface area contributed by atoms with Gasteiger partial charge in [0.2, 0.25) is 0 Å². The zero-order valence-electron chi connectivity index (χ0n) is 17.0. The third-order valence-corrected chi connectivity index (χ3v) is 5.84. The fourth-order valence-corrected chi connectivity index (χ4v) is 4.02. The summed E-state index contributed by atoms with van der Waals surface area (Å²) in [4.78, 5) is 22.3. The predicted octanol–water partition coefficient (Wildman–Crippen LogP) is 3.47. The number of rotatable bonds is 7. The zero-order valence-corrected chi connectivity index (χ0v) is 18.5.